The Morgan fingerprint density at radius 3 is 0.970 bits per heavy atom. The number of benzene rings is 20. The largest absolute Gasteiger partial charge is 0.308 e. The molecule has 6 aromatic heterocycles. The van der Waals surface area contributed by atoms with E-state index in [4.69, 9.17) is 34.9 Å². The number of hydrogen-bond acceptors (Lipinski definition) is 7. The maximum Gasteiger partial charge on any atom is 0.164 e. The minimum absolute atomic E-state index is 0.627. The third kappa shape index (κ3) is 13.5. The fourth-order valence-electron chi connectivity index (χ4n) is 19.7. The molecule has 26 rings (SSSR count). The molecule has 0 saturated carbocycles. The molecule has 6 heterocycles. The van der Waals surface area contributed by atoms with E-state index in [9.17, 15) is 0 Å². The van der Waals surface area contributed by atoms with E-state index >= 15 is 0 Å². The van der Waals surface area contributed by atoms with Crippen LogP contribution in [0.3, 0.4) is 0 Å². The fourth-order valence-corrected chi connectivity index (χ4v) is 19.7. The standard InChI is InChI=1S/C62H39N5.C61H38N4/c1-3-15-40(16-4-1)41-27-31-45(32-28-41)61-64-60(44-17-5-2-6-18-44)65-62(66-61)46-33-29-42(30-34-46)43-35-37-48(38-36-43)67-56-26-14-12-24-53(56)57-58(63-55-25-13-11-23-52(55)59(57)67)54-39-47-19-7-8-20-49(47)50-21-9-10-22-51(50)54;1-3-16-41(17-4-1)55-38-56(42-18-5-2-6-19-42)64-61(63-55)43-31-33-45(34-32-43)65-57-26-14-12-24-52(57)58-59(62-54-25-13-11-23-51(54)60(58)65)50-36-35-47(48-21-9-10-22-49(48)50)44-30-29-40-28-27-39-15-7-8-20-46(39)53(40)37-44/h1-39H;1-38H. The van der Waals surface area contributed by atoms with Gasteiger partial charge in [-0.2, -0.15) is 0 Å². The van der Waals surface area contributed by atoms with Crippen LogP contribution in [0.25, 0.3) is 255 Å². The van der Waals surface area contributed by atoms with Crippen molar-refractivity contribution >= 4 is 119 Å². The van der Waals surface area contributed by atoms with E-state index in [0.29, 0.717) is 23.3 Å². The zero-order valence-electron chi connectivity index (χ0n) is 71.5. The van der Waals surface area contributed by atoms with Crippen LogP contribution in [0.4, 0.5) is 0 Å². The number of para-hydroxylation sites is 4. The summed E-state index contributed by atoms with van der Waals surface area (Å²) >= 11 is 0. The lowest BCUT2D eigenvalue weighted by atomic mass is 9.91. The maximum atomic E-state index is 5.55. The van der Waals surface area contributed by atoms with Crippen LogP contribution in [-0.2, 0) is 0 Å². The molecule has 20 aromatic carbocycles. The van der Waals surface area contributed by atoms with Gasteiger partial charge in [0.1, 0.15) is 0 Å². The summed E-state index contributed by atoms with van der Waals surface area (Å²) in [5.74, 6) is 2.58. The SMILES string of the molecule is c1ccc(-c2cc(-c3ccccc3)nc(-c3ccc(-n4c5ccccc5c5c(-c6ccc(-c7ccc8ccc9ccccc9c8c7)c7ccccc67)nc6ccccc6c54)cc3)n2)cc1.c1ccc(-c2ccc(-c3nc(-c4ccccc4)nc(-c4ccc(-c5ccc(-n6c7ccccc7c7c(-c8cc9ccccc9c9ccccc89)nc8ccccc8c76)cc5)cc4)n3)cc2)cc1. The molecule has 0 radical (unpaired) electrons. The second-order valence-electron chi connectivity index (χ2n) is 33.7. The molecule has 0 amide bonds. The van der Waals surface area contributed by atoms with Crippen LogP contribution in [-0.4, -0.2) is 44.0 Å². The zero-order chi connectivity index (χ0) is 87.1. The van der Waals surface area contributed by atoms with Gasteiger partial charge in [-0.15, -0.1) is 0 Å². The Morgan fingerprint density at radius 2 is 0.470 bits per heavy atom. The van der Waals surface area contributed by atoms with Gasteiger partial charge < -0.3 is 9.13 Å². The first-order valence-electron chi connectivity index (χ1n) is 44.7. The molecule has 26 aromatic rings. The Hall–Kier alpha value is -17.8. The lowest BCUT2D eigenvalue weighted by Crippen LogP contribution is -2.00. The second kappa shape index (κ2) is 32.3. The summed E-state index contributed by atoms with van der Waals surface area (Å²) in [5, 5.41) is 19.1. The third-order valence-corrected chi connectivity index (χ3v) is 26.0. The topological polar surface area (TPSA) is 100 Å². The second-order valence-corrected chi connectivity index (χ2v) is 33.7. The van der Waals surface area contributed by atoms with Crippen LogP contribution >= 0.6 is 0 Å². The summed E-state index contributed by atoms with van der Waals surface area (Å²) in [7, 11) is 0. The number of hydrogen-bond donors (Lipinski definition) is 0. The fraction of sp³-hybridized carbons (Fsp3) is 0. The highest BCUT2D eigenvalue weighted by Crippen LogP contribution is 2.48. The minimum Gasteiger partial charge on any atom is -0.308 e. The molecule has 132 heavy (non-hydrogen) atoms. The number of nitrogens with zero attached hydrogens (tertiary/aromatic N) is 9. The third-order valence-electron chi connectivity index (χ3n) is 26.0. The highest BCUT2D eigenvalue weighted by atomic mass is 15.0. The number of rotatable bonds is 13. The quantitative estimate of drug-likeness (QED) is 0.106. The normalized spacial score (nSPS) is 11.6. The van der Waals surface area contributed by atoms with Gasteiger partial charge in [0, 0.05) is 88.2 Å². The summed E-state index contributed by atoms with van der Waals surface area (Å²) in [5.41, 5.74) is 27.3. The Morgan fingerprint density at radius 1 is 0.159 bits per heavy atom. The first kappa shape index (κ1) is 76.6. The van der Waals surface area contributed by atoms with E-state index in [0.717, 1.165) is 155 Å². The average Bonchev–Trinajstić information content (AvgIpc) is 1.55. The molecular weight excluding hydrogens is 1600 g/mol. The maximum absolute atomic E-state index is 5.55. The van der Waals surface area contributed by atoms with E-state index in [1.807, 2.05) is 48.5 Å². The van der Waals surface area contributed by atoms with Gasteiger partial charge in [-0.25, -0.2) is 34.9 Å². The van der Waals surface area contributed by atoms with Gasteiger partial charge in [0.05, 0.1) is 55.9 Å². The molecule has 0 aliphatic carbocycles. The summed E-state index contributed by atoms with van der Waals surface area (Å²) in [6, 6.07) is 166. The van der Waals surface area contributed by atoms with E-state index in [1.165, 1.54) is 75.9 Å². The Kier molecular flexibility index (Phi) is 18.7. The lowest BCUT2D eigenvalue weighted by Gasteiger charge is -2.15. The van der Waals surface area contributed by atoms with Gasteiger partial charge in [-0.3, -0.25) is 0 Å². The van der Waals surface area contributed by atoms with Crippen LogP contribution < -0.4 is 0 Å². The van der Waals surface area contributed by atoms with E-state index in [1.54, 1.807) is 0 Å². The van der Waals surface area contributed by atoms with Gasteiger partial charge >= 0.3 is 0 Å². The van der Waals surface area contributed by atoms with Crippen molar-refractivity contribution in [3.8, 4) is 135 Å². The first-order valence-corrected chi connectivity index (χ1v) is 44.7. The Labute approximate surface area is 760 Å². The van der Waals surface area contributed by atoms with Crippen LogP contribution in [0.1, 0.15) is 0 Å². The van der Waals surface area contributed by atoms with Crippen molar-refractivity contribution < 1.29 is 0 Å². The van der Waals surface area contributed by atoms with Crippen molar-refractivity contribution in [1.29, 1.82) is 0 Å². The van der Waals surface area contributed by atoms with Gasteiger partial charge in [0.25, 0.3) is 0 Å². The Bertz CT molecular complexity index is 8970. The summed E-state index contributed by atoms with van der Waals surface area (Å²) in [6.45, 7) is 0. The molecule has 0 aliphatic heterocycles. The number of pyridine rings is 2. The molecule has 0 fully saturated rings. The van der Waals surface area contributed by atoms with Crippen molar-refractivity contribution in [2.24, 2.45) is 0 Å². The van der Waals surface area contributed by atoms with Crippen LogP contribution in [0.5, 0.6) is 0 Å². The summed E-state index contributed by atoms with van der Waals surface area (Å²) in [6.07, 6.45) is 0. The molecule has 0 aliphatic rings. The molecular formula is C123H77N9. The van der Waals surface area contributed by atoms with Crippen molar-refractivity contribution in [3.05, 3.63) is 467 Å². The minimum atomic E-state index is 0.627. The molecule has 0 saturated heterocycles. The van der Waals surface area contributed by atoms with Crippen molar-refractivity contribution in [2.75, 3.05) is 0 Å². The molecule has 0 spiro atoms. The molecule has 0 N–H and O–H groups in total. The average molecular weight is 1680 g/mol. The summed E-state index contributed by atoms with van der Waals surface area (Å²) in [4.78, 5) is 36.3. The predicted octanol–water partition coefficient (Wildman–Crippen LogP) is 31.7. The molecule has 0 unspecified atom stereocenters. The van der Waals surface area contributed by atoms with E-state index < -0.39 is 0 Å². The first-order chi connectivity index (χ1) is 65.4. The molecule has 0 atom stereocenters. The molecule has 614 valence electrons. The lowest BCUT2D eigenvalue weighted by molar-refractivity contribution is 1.07. The highest BCUT2D eigenvalue weighted by Gasteiger charge is 2.27. The molecule has 9 heteroatoms. The number of fused-ring (bicyclic) bond motifs is 17. The highest BCUT2D eigenvalue weighted by molar-refractivity contribution is 6.27. The zero-order valence-corrected chi connectivity index (χ0v) is 71.5. The van der Waals surface area contributed by atoms with Crippen LogP contribution in [0, 0.1) is 0 Å². The molecule has 0 bridgehead atoms. The van der Waals surface area contributed by atoms with E-state index in [2.05, 4.69) is 428 Å². The van der Waals surface area contributed by atoms with Crippen LogP contribution in [0.15, 0.2) is 467 Å². The van der Waals surface area contributed by atoms with Crippen molar-refractivity contribution in [2.45, 2.75) is 0 Å². The predicted molar refractivity (Wildman–Crippen MR) is 548 cm³/mol. The van der Waals surface area contributed by atoms with Gasteiger partial charge in [0.2, 0.25) is 0 Å². The van der Waals surface area contributed by atoms with Gasteiger partial charge in [0.15, 0.2) is 23.3 Å². The Balaban J connectivity index is 0.000000142. The van der Waals surface area contributed by atoms with E-state index in [-0.39, 0.29) is 0 Å². The smallest absolute Gasteiger partial charge is 0.164 e. The van der Waals surface area contributed by atoms with Crippen LogP contribution in [0.2, 0.25) is 0 Å². The van der Waals surface area contributed by atoms with Gasteiger partial charge in [-0.1, -0.05) is 388 Å². The summed E-state index contributed by atoms with van der Waals surface area (Å²) < 4.78 is 4.83. The molecule has 9 nitrogen and oxygen atoms in total. The number of aromatic nitrogens is 9. The van der Waals surface area contributed by atoms with Crippen molar-refractivity contribution in [3.63, 3.8) is 0 Å². The monoisotopic (exact) mass is 1680 g/mol. The van der Waals surface area contributed by atoms with Crippen molar-refractivity contribution in [1.82, 2.24) is 44.0 Å². The van der Waals surface area contributed by atoms with Gasteiger partial charge in [-0.05, 0) is 166 Å².